The number of pyridine rings is 1. The molecule has 0 fully saturated rings. The van der Waals surface area contributed by atoms with Gasteiger partial charge in [0.25, 0.3) is 0 Å². The molecule has 2 aromatic rings. The van der Waals surface area contributed by atoms with E-state index in [4.69, 9.17) is 5.73 Å². The summed E-state index contributed by atoms with van der Waals surface area (Å²) >= 11 is 0. The standard InChI is InChI=1S/C15H19N3/c1-2-18(12-13-6-4-3-5-7-13)15-10-14(11-16)8-9-17-15/h3-10H,2,11-12,16H2,1H3. The van der Waals surface area contributed by atoms with Crippen molar-refractivity contribution in [3.05, 3.63) is 59.8 Å². The Hall–Kier alpha value is -1.87. The van der Waals surface area contributed by atoms with E-state index in [-0.39, 0.29) is 0 Å². The van der Waals surface area contributed by atoms with Crippen LogP contribution in [0.3, 0.4) is 0 Å². The van der Waals surface area contributed by atoms with Gasteiger partial charge < -0.3 is 10.6 Å². The van der Waals surface area contributed by atoms with Crippen LogP contribution in [0.2, 0.25) is 0 Å². The molecular formula is C15H19N3. The molecule has 94 valence electrons. The Balaban J connectivity index is 2.17. The molecule has 1 heterocycles. The summed E-state index contributed by atoms with van der Waals surface area (Å²) in [4.78, 5) is 6.67. The lowest BCUT2D eigenvalue weighted by molar-refractivity contribution is 0.811. The van der Waals surface area contributed by atoms with E-state index in [0.717, 1.165) is 24.5 Å². The fourth-order valence-electron chi connectivity index (χ4n) is 1.92. The fraction of sp³-hybridized carbons (Fsp3) is 0.267. The third-order valence-electron chi connectivity index (χ3n) is 2.97. The summed E-state index contributed by atoms with van der Waals surface area (Å²) < 4.78 is 0. The zero-order valence-electron chi connectivity index (χ0n) is 10.7. The normalized spacial score (nSPS) is 10.3. The molecule has 1 aromatic heterocycles. The molecule has 18 heavy (non-hydrogen) atoms. The molecule has 0 aliphatic heterocycles. The third-order valence-corrected chi connectivity index (χ3v) is 2.97. The second-order valence-electron chi connectivity index (χ2n) is 4.23. The Kier molecular flexibility index (Phi) is 4.31. The first-order valence-corrected chi connectivity index (χ1v) is 6.27. The number of hydrogen-bond donors (Lipinski definition) is 1. The number of anilines is 1. The predicted molar refractivity (Wildman–Crippen MR) is 75.3 cm³/mol. The van der Waals surface area contributed by atoms with Crippen LogP contribution in [0.25, 0.3) is 0 Å². The van der Waals surface area contributed by atoms with Gasteiger partial charge in [-0.25, -0.2) is 4.98 Å². The first-order valence-electron chi connectivity index (χ1n) is 6.27. The number of aromatic nitrogens is 1. The van der Waals surface area contributed by atoms with Crippen molar-refractivity contribution in [2.75, 3.05) is 11.4 Å². The molecule has 3 heteroatoms. The van der Waals surface area contributed by atoms with Crippen molar-refractivity contribution in [2.24, 2.45) is 5.73 Å². The SMILES string of the molecule is CCN(Cc1ccccc1)c1cc(CN)ccn1. The van der Waals surface area contributed by atoms with E-state index in [1.807, 2.05) is 18.3 Å². The molecule has 0 aliphatic rings. The summed E-state index contributed by atoms with van der Waals surface area (Å²) in [6, 6.07) is 14.4. The topological polar surface area (TPSA) is 42.1 Å². The smallest absolute Gasteiger partial charge is 0.129 e. The Labute approximate surface area is 108 Å². The average molecular weight is 241 g/mol. The van der Waals surface area contributed by atoms with Crippen molar-refractivity contribution < 1.29 is 0 Å². The molecule has 0 amide bonds. The van der Waals surface area contributed by atoms with Crippen molar-refractivity contribution in [1.82, 2.24) is 4.98 Å². The van der Waals surface area contributed by atoms with Gasteiger partial charge in [0.1, 0.15) is 5.82 Å². The first kappa shape index (κ1) is 12.6. The molecule has 0 atom stereocenters. The van der Waals surface area contributed by atoms with Crippen LogP contribution in [-0.2, 0) is 13.1 Å². The molecule has 0 bridgehead atoms. The molecular weight excluding hydrogens is 222 g/mol. The molecule has 1 aromatic carbocycles. The number of benzene rings is 1. The molecule has 0 saturated heterocycles. The lowest BCUT2D eigenvalue weighted by Gasteiger charge is -2.22. The van der Waals surface area contributed by atoms with Crippen molar-refractivity contribution in [1.29, 1.82) is 0 Å². The highest BCUT2D eigenvalue weighted by Gasteiger charge is 2.06. The van der Waals surface area contributed by atoms with E-state index >= 15 is 0 Å². The quantitative estimate of drug-likeness (QED) is 0.874. The summed E-state index contributed by atoms with van der Waals surface area (Å²) in [5, 5.41) is 0. The van der Waals surface area contributed by atoms with Gasteiger partial charge in [0.05, 0.1) is 0 Å². The van der Waals surface area contributed by atoms with Crippen LogP contribution in [0.1, 0.15) is 18.1 Å². The first-order chi connectivity index (χ1) is 8.83. The van der Waals surface area contributed by atoms with Crippen LogP contribution in [0.4, 0.5) is 5.82 Å². The van der Waals surface area contributed by atoms with Crippen LogP contribution < -0.4 is 10.6 Å². The lowest BCUT2D eigenvalue weighted by atomic mass is 10.2. The van der Waals surface area contributed by atoms with E-state index in [1.165, 1.54) is 5.56 Å². The summed E-state index contributed by atoms with van der Waals surface area (Å²) in [6.07, 6.45) is 1.82. The molecule has 0 unspecified atom stereocenters. The Morgan fingerprint density at radius 2 is 1.89 bits per heavy atom. The van der Waals surface area contributed by atoms with E-state index in [0.29, 0.717) is 6.54 Å². The summed E-state index contributed by atoms with van der Waals surface area (Å²) in [5.74, 6) is 0.990. The maximum absolute atomic E-state index is 5.67. The van der Waals surface area contributed by atoms with Gasteiger partial charge in [0, 0.05) is 25.8 Å². The zero-order chi connectivity index (χ0) is 12.8. The van der Waals surface area contributed by atoms with E-state index in [2.05, 4.69) is 47.1 Å². The third kappa shape index (κ3) is 3.08. The average Bonchev–Trinajstić information content (AvgIpc) is 2.46. The number of nitrogens with zero attached hydrogens (tertiary/aromatic N) is 2. The Morgan fingerprint density at radius 3 is 2.56 bits per heavy atom. The number of nitrogens with two attached hydrogens (primary N) is 1. The molecule has 0 radical (unpaired) electrons. The van der Waals surface area contributed by atoms with Gasteiger partial charge in [0.2, 0.25) is 0 Å². The summed E-state index contributed by atoms with van der Waals surface area (Å²) in [7, 11) is 0. The van der Waals surface area contributed by atoms with Crippen LogP contribution in [0, 0.1) is 0 Å². The predicted octanol–water partition coefficient (Wildman–Crippen LogP) is 2.57. The largest absolute Gasteiger partial charge is 0.353 e. The Bertz CT molecular complexity index is 482. The monoisotopic (exact) mass is 241 g/mol. The van der Waals surface area contributed by atoms with Crippen molar-refractivity contribution in [2.45, 2.75) is 20.0 Å². The minimum atomic E-state index is 0.554. The minimum Gasteiger partial charge on any atom is -0.353 e. The Morgan fingerprint density at radius 1 is 1.11 bits per heavy atom. The number of hydrogen-bond acceptors (Lipinski definition) is 3. The highest BCUT2D eigenvalue weighted by atomic mass is 15.2. The van der Waals surface area contributed by atoms with Crippen molar-refractivity contribution >= 4 is 5.82 Å². The van der Waals surface area contributed by atoms with Gasteiger partial charge in [-0.1, -0.05) is 30.3 Å². The maximum atomic E-state index is 5.67. The summed E-state index contributed by atoms with van der Waals surface area (Å²) in [6.45, 7) is 4.49. The maximum Gasteiger partial charge on any atom is 0.129 e. The molecule has 0 spiro atoms. The van der Waals surface area contributed by atoms with E-state index in [1.54, 1.807) is 0 Å². The molecule has 0 aliphatic carbocycles. The van der Waals surface area contributed by atoms with Gasteiger partial charge in [-0.05, 0) is 30.2 Å². The second-order valence-corrected chi connectivity index (χ2v) is 4.23. The van der Waals surface area contributed by atoms with Crippen molar-refractivity contribution in [3.8, 4) is 0 Å². The van der Waals surface area contributed by atoms with Gasteiger partial charge in [-0.3, -0.25) is 0 Å². The van der Waals surface area contributed by atoms with Gasteiger partial charge in [-0.15, -0.1) is 0 Å². The molecule has 2 N–H and O–H groups in total. The molecule has 2 rings (SSSR count). The van der Waals surface area contributed by atoms with Gasteiger partial charge >= 0.3 is 0 Å². The van der Waals surface area contributed by atoms with Crippen LogP contribution in [0.15, 0.2) is 48.7 Å². The highest BCUT2D eigenvalue weighted by molar-refractivity contribution is 5.41. The van der Waals surface area contributed by atoms with Crippen LogP contribution in [-0.4, -0.2) is 11.5 Å². The van der Waals surface area contributed by atoms with Crippen LogP contribution in [0.5, 0.6) is 0 Å². The zero-order valence-corrected chi connectivity index (χ0v) is 10.7. The second kappa shape index (κ2) is 6.17. The summed E-state index contributed by atoms with van der Waals surface area (Å²) in [5.41, 5.74) is 8.07. The fourth-order valence-corrected chi connectivity index (χ4v) is 1.92. The van der Waals surface area contributed by atoms with Gasteiger partial charge in [0.15, 0.2) is 0 Å². The van der Waals surface area contributed by atoms with E-state index < -0.39 is 0 Å². The van der Waals surface area contributed by atoms with Crippen LogP contribution >= 0.6 is 0 Å². The van der Waals surface area contributed by atoms with Gasteiger partial charge in [-0.2, -0.15) is 0 Å². The highest BCUT2D eigenvalue weighted by Crippen LogP contribution is 2.15. The van der Waals surface area contributed by atoms with E-state index in [9.17, 15) is 0 Å². The minimum absolute atomic E-state index is 0.554. The van der Waals surface area contributed by atoms with Crippen molar-refractivity contribution in [3.63, 3.8) is 0 Å². The lowest BCUT2D eigenvalue weighted by Crippen LogP contribution is -2.23. The molecule has 0 saturated carbocycles. The molecule has 3 nitrogen and oxygen atoms in total. The number of rotatable bonds is 5.